The van der Waals surface area contributed by atoms with E-state index in [0.717, 1.165) is 17.7 Å². The molecule has 130 valence electrons. The third-order valence-corrected chi connectivity index (χ3v) is 3.95. The predicted molar refractivity (Wildman–Crippen MR) is 94.9 cm³/mol. The monoisotopic (exact) mass is 340 g/mol. The number of hydrogen-bond donors (Lipinski definition) is 1. The normalized spacial score (nSPS) is 12.6. The van der Waals surface area contributed by atoms with Crippen LogP contribution in [-0.4, -0.2) is 38.7 Å². The molecular weight excluding hydrogens is 320 g/mol. The molecule has 1 aliphatic heterocycles. The molecule has 2 aromatic rings. The molecule has 2 amide bonds. The SMILES string of the molecule is COCC(=O)N1CCc2ccc(NC(=O)COc3ccccc3)cc21. The zero-order chi connectivity index (χ0) is 17.6. The van der Waals surface area contributed by atoms with Gasteiger partial charge in [0.1, 0.15) is 12.4 Å². The van der Waals surface area contributed by atoms with Crippen LogP contribution in [0.2, 0.25) is 0 Å². The lowest BCUT2D eigenvalue weighted by Gasteiger charge is -2.17. The number of carbonyl (C=O) groups excluding carboxylic acids is 2. The van der Waals surface area contributed by atoms with Gasteiger partial charge in [-0.2, -0.15) is 0 Å². The van der Waals surface area contributed by atoms with Gasteiger partial charge < -0.3 is 19.7 Å². The summed E-state index contributed by atoms with van der Waals surface area (Å²) in [6, 6.07) is 14.7. The van der Waals surface area contributed by atoms with Gasteiger partial charge in [-0.05, 0) is 36.2 Å². The van der Waals surface area contributed by atoms with Crippen LogP contribution in [0.25, 0.3) is 0 Å². The highest BCUT2D eigenvalue weighted by Crippen LogP contribution is 2.31. The van der Waals surface area contributed by atoms with Crippen LogP contribution in [0.15, 0.2) is 48.5 Å². The summed E-state index contributed by atoms with van der Waals surface area (Å²) >= 11 is 0. The Morgan fingerprint density at radius 2 is 1.92 bits per heavy atom. The first-order valence-corrected chi connectivity index (χ1v) is 8.07. The number of ether oxygens (including phenoxy) is 2. The van der Waals surface area contributed by atoms with Crippen molar-refractivity contribution < 1.29 is 19.1 Å². The molecule has 0 saturated heterocycles. The molecule has 6 nitrogen and oxygen atoms in total. The molecule has 0 atom stereocenters. The second-order valence-corrected chi connectivity index (χ2v) is 5.72. The number of methoxy groups -OCH3 is 1. The number of nitrogens with one attached hydrogen (secondary N) is 1. The number of anilines is 2. The fourth-order valence-electron chi connectivity index (χ4n) is 2.78. The van der Waals surface area contributed by atoms with Gasteiger partial charge in [0.15, 0.2) is 6.61 Å². The van der Waals surface area contributed by atoms with Gasteiger partial charge in [-0.15, -0.1) is 0 Å². The fourth-order valence-corrected chi connectivity index (χ4v) is 2.78. The number of rotatable bonds is 6. The summed E-state index contributed by atoms with van der Waals surface area (Å²) < 4.78 is 10.4. The van der Waals surface area contributed by atoms with Crippen LogP contribution in [-0.2, 0) is 20.7 Å². The summed E-state index contributed by atoms with van der Waals surface area (Å²) in [7, 11) is 1.50. The molecular formula is C19H20N2O4. The number of carbonyl (C=O) groups is 2. The van der Waals surface area contributed by atoms with Crippen LogP contribution in [0.5, 0.6) is 5.75 Å². The van der Waals surface area contributed by atoms with Crippen molar-refractivity contribution in [3.05, 3.63) is 54.1 Å². The lowest BCUT2D eigenvalue weighted by Crippen LogP contribution is -2.32. The maximum Gasteiger partial charge on any atom is 0.262 e. The maximum atomic E-state index is 12.1. The number of nitrogens with zero attached hydrogens (tertiary/aromatic N) is 1. The third kappa shape index (κ3) is 4.16. The van der Waals surface area contributed by atoms with E-state index in [1.165, 1.54) is 7.11 Å². The van der Waals surface area contributed by atoms with Gasteiger partial charge in [0.25, 0.3) is 11.8 Å². The summed E-state index contributed by atoms with van der Waals surface area (Å²) in [6.07, 6.45) is 0.802. The minimum absolute atomic E-state index is 0.0426. The molecule has 0 aliphatic carbocycles. The topological polar surface area (TPSA) is 67.9 Å². The Hall–Kier alpha value is -2.86. The first-order chi connectivity index (χ1) is 12.2. The van der Waals surface area contributed by atoms with Crippen molar-refractivity contribution in [1.82, 2.24) is 0 Å². The highest BCUT2D eigenvalue weighted by atomic mass is 16.5. The van der Waals surface area contributed by atoms with E-state index in [-0.39, 0.29) is 25.0 Å². The van der Waals surface area contributed by atoms with Gasteiger partial charge in [-0.1, -0.05) is 24.3 Å². The van der Waals surface area contributed by atoms with Crippen LogP contribution in [0.4, 0.5) is 11.4 Å². The molecule has 0 unspecified atom stereocenters. The van der Waals surface area contributed by atoms with Gasteiger partial charge in [-0.25, -0.2) is 0 Å². The maximum absolute atomic E-state index is 12.1. The Balaban J connectivity index is 1.63. The number of amides is 2. The molecule has 25 heavy (non-hydrogen) atoms. The van der Waals surface area contributed by atoms with E-state index in [1.54, 1.807) is 17.0 Å². The van der Waals surface area contributed by atoms with Crippen LogP contribution in [0.3, 0.4) is 0 Å². The van der Waals surface area contributed by atoms with E-state index in [9.17, 15) is 9.59 Å². The molecule has 0 aromatic heterocycles. The van der Waals surface area contributed by atoms with Crippen molar-refractivity contribution in [2.24, 2.45) is 0 Å². The molecule has 0 spiro atoms. The zero-order valence-electron chi connectivity index (χ0n) is 14.0. The molecule has 0 fully saturated rings. The van der Waals surface area contributed by atoms with Gasteiger partial charge in [-0.3, -0.25) is 9.59 Å². The summed E-state index contributed by atoms with van der Waals surface area (Å²) in [4.78, 5) is 25.9. The minimum atomic E-state index is -0.253. The predicted octanol–water partition coefficient (Wildman–Crippen LogP) is 2.24. The van der Waals surface area contributed by atoms with Crippen molar-refractivity contribution >= 4 is 23.2 Å². The van der Waals surface area contributed by atoms with Crippen molar-refractivity contribution in [1.29, 1.82) is 0 Å². The second kappa shape index (κ2) is 7.81. The summed E-state index contributed by atoms with van der Waals surface area (Å²) in [6.45, 7) is 0.598. The number of para-hydroxylation sites is 1. The Morgan fingerprint density at radius 1 is 1.12 bits per heavy atom. The minimum Gasteiger partial charge on any atom is -0.484 e. The van der Waals surface area contributed by atoms with E-state index >= 15 is 0 Å². The molecule has 0 radical (unpaired) electrons. The number of benzene rings is 2. The average molecular weight is 340 g/mol. The fraction of sp³-hybridized carbons (Fsp3) is 0.263. The Labute approximate surface area is 146 Å². The average Bonchev–Trinajstić information content (AvgIpc) is 3.04. The lowest BCUT2D eigenvalue weighted by molar-refractivity contribution is -0.122. The Bertz CT molecular complexity index is 761. The van der Waals surface area contributed by atoms with Crippen LogP contribution in [0, 0.1) is 0 Å². The largest absolute Gasteiger partial charge is 0.484 e. The van der Waals surface area contributed by atoms with Gasteiger partial charge in [0.2, 0.25) is 0 Å². The smallest absolute Gasteiger partial charge is 0.262 e. The molecule has 3 rings (SSSR count). The van der Waals surface area contributed by atoms with E-state index in [4.69, 9.17) is 9.47 Å². The molecule has 0 saturated carbocycles. The van der Waals surface area contributed by atoms with Crippen molar-refractivity contribution in [3.63, 3.8) is 0 Å². The molecule has 1 N–H and O–H groups in total. The lowest BCUT2D eigenvalue weighted by atomic mass is 10.1. The van der Waals surface area contributed by atoms with E-state index in [1.807, 2.05) is 36.4 Å². The van der Waals surface area contributed by atoms with Crippen LogP contribution >= 0.6 is 0 Å². The molecule has 6 heteroatoms. The number of fused-ring (bicyclic) bond motifs is 1. The Kier molecular flexibility index (Phi) is 5.30. The highest BCUT2D eigenvalue weighted by Gasteiger charge is 2.24. The summed E-state index contributed by atoms with van der Waals surface area (Å²) in [5, 5.41) is 2.80. The van der Waals surface area contributed by atoms with E-state index in [2.05, 4.69) is 5.32 Å². The second-order valence-electron chi connectivity index (χ2n) is 5.72. The first kappa shape index (κ1) is 17.0. The van der Waals surface area contributed by atoms with E-state index < -0.39 is 0 Å². The summed E-state index contributed by atoms with van der Waals surface area (Å²) in [5.41, 5.74) is 2.55. The van der Waals surface area contributed by atoms with Crippen molar-refractivity contribution in [2.75, 3.05) is 37.1 Å². The van der Waals surface area contributed by atoms with Crippen molar-refractivity contribution in [2.45, 2.75) is 6.42 Å². The third-order valence-electron chi connectivity index (χ3n) is 3.95. The van der Waals surface area contributed by atoms with Gasteiger partial charge >= 0.3 is 0 Å². The molecule has 1 heterocycles. The quantitative estimate of drug-likeness (QED) is 0.876. The summed E-state index contributed by atoms with van der Waals surface area (Å²) in [5.74, 6) is 0.302. The van der Waals surface area contributed by atoms with Crippen molar-refractivity contribution in [3.8, 4) is 5.75 Å². The molecule has 1 aliphatic rings. The highest BCUT2D eigenvalue weighted by molar-refractivity contribution is 5.98. The zero-order valence-corrected chi connectivity index (χ0v) is 14.0. The van der Waals surface area contributed by atoms with Gasteiger partial charge in [0, 0.05) is 25.0 Å². The van der Waals surface area contributed by atoms with Crippen LogP contribution < -0.4 is 15.0 Å². The first-order valence-electron chi connectivity index (χ1n) is 8.07. The van der Waals surface area contributed by atoms with Crippen LogP contribution in [0.1, 0.15) is 5.56 Å². The molecule has 2 aromatic carbocycles. The Morgan fingerprint density at radius 3 is 2.68 bits per heavy atom. The van der Waals surface area contributed by atoms with E-state index in [0.29, 0.717) is 18.0 Å². The standard InChI is InChI=1S/C19H20N2O4/c1-24-13-19(23)21-10-9-14-7-8-15(11-17(14)21)20-18(22)12-25-16-5-3-2-4-6-16/h2-8,11H,9-10,12-13H2,1H3,(H,20,22). The number of hydrogen-bond acceptors (Lipinski definition) is 4. The molecule has 0 bridgehead atoms. The van der Waals surface area contributed by atoms with Gasteiger partial charge in [0.05, 0.1) is 0 Å².